The highest BCUT2D eigenvalue weighted by Crippen LogP contribution is 2.43. The van der Waals surface area contributed by atoms with E-state index in [0.29, 0.717) is 5.69 Å². The van der Waals surface area contributed by atoms with Gasteiger partial charge in [-0.05, 0) is 89.1 Å². The Hall–Kier alpha value is -3.26. The van der Waals surface area contributed by atoms with Gasteiger partial charge in [-0.1, -0.05) is 11.2 Å². The molecule has 6 nitrogen and oxygen atoms in total. The first-order valence-corrected chi connectivity index (χ1v) is 13.1. The largest absolute Gasteiger partial charge is 0.390 e. The number of nitrogens with zero attached hydrogens (tertiary/aromatic N) is 4. The second-order valence-corrected chi connectivity index (χ2v) is 10.9. The van der Waals surface area contributed by atoms with E-state index in [1.807, 2.05) is 20.8 Å². The summed E-state index contributed by atoms with van der Waals surface area (Å²) >= 11 is 0. The minimum atomic E-state index is -0.840. The zero-order valence-corrected chi connectivity index (χ0v) is 21.5. The molecular weight excluding hydrogens is 474 g/mol. The van der Waals surface area contributed by atoms with Crippen LogP contribution in [0.3, 0.4) is 0 Å². The third-order valence-corrected chi connectivity index (χ3v) is 8.22. The molecule has 1 atom stereocenters. The molecule has 0 radical (unpaired) electrons. The molecule has 3 heterocycles. The van der Waals surface area contributed by atoms with Crippen LogP contribution in [-0.4, -0.2) is 32.0 Å². The molecular formula is C29H32F2N4O2. The summed E-state index contributed by atoms with van der Waals surface area (Å²) < 4.78 is 35.6. The molecule has 1 aliphatic carbocycles. The summed E-state index contributed by atoms with van der Waals surface area (Å²) in [7, 11) is 0. The molecule has 2 aliphatic rings. The molecule has 2 aromatic heterocycles. The highest BCUT2D eigenvalue weighted by atomic mass is 19.2. The highest BCUT2D eigenvalue weighted by Gasteiger charge is 2.36. The molecule has 2 fully saturated rings. The van der Waals surface area contributed by atoms with Crippen molar-refractivity contribution in [3.8, 4) is 11.1 Å². The Bertz CT molecular complexity index is 1440. The van der Waals surface area contributed by atoms with Gasteiger partial charge in [-0.15, -0.1) is 0 Å². The van der Waals surface area contributed by atoms with Crippen molar-refractivity contribution in [1.82, 2.24) is 14.7 Å². The maximum Gasteiger partial charge on any atom is 0.160 e. The number of benzene rings is 2. The molecule has 1 aliphatic heterocycles. The van der Waals surface area contributed by atoms with Crippen molar-refractivity contribution >= 4 is 16.7 Å². The van der Waals surface area contributed by atoms with Gasteiger partial charge < -0.3 is 19.1 Å². The molecule has 1 N–H and O–H groups in total. The van der Waals surface area contributed by atoms with Gasteiger partial charge in [-0.3, -0.25) is 0 Å². The lowest BCUT2D eigenvalue weighted by Crippen LogP contribution is -2.33. The SMILES string of the molecule is Cc1noc(C)c1-c1ccc2c(c1)nc([C@@H]1CCCN1c1ccc(F)c(F)c1)n2C1CCC(C)(O)CC1. The third-order valence-electron chi connectivity index (χ3n) is 8.22. The van der Waals surface area contributed by atoms with E-state index < -0.39 is 17.2 Å². The predicted octanol–water partition coefficient (Wildman–Crippen LogP) is 6.79. The van der Waals surface area contributed by atoms with Crippen LogP contribution in [0.25, 0.3) is 22.2 Å². The second-order valence-electron chi connectivity index (χ2n) is 10.9. The van der Waals surface area contributed by atoms with Crippen LogP contribution >= 0.6 is 0 Å². The minimum Gasteiger partial charge on any atom is -0.390 e. The van der Waals surface area contributed by atoms with Gasteiger partial charge in [0.2, 0.25) is 0 Å². The summed E-state index contributed by atoms with van der Waals surface area (Å²) in [6.07, 6.45) is 4.99. The van der Waals surface area contributed by atoms with Gasteiger partial charge in [0, 0.05) is 29.9 Å². The zero-order chi connectivity index (χ0) is 25.9. The lowest BCUT2D eigenvalue weighted by atomic mass is 9.83. The number of halogens is 2. The van der Waals surface area contributed by atoms with Crippen LogP contribution in [0.1, 0.15) is 74.8 Å². The summed E-state index contributed by atoms with van der Waals surface area (Å²) in [5.74, 6) is 0.0362. The number of anilines is 1. The van der Waals surface area contributed by atoms with Crippen LogP contribution in [0, 0.1) is 25.5 Å². The molecule has 0 amide bonds. The van der Waals surface area contributed by atoms with E-state index in [9.17, 15) is 13.9 Å². The van der Waals surface area contributed by atoms with E-state index >= 15 is 0 Å². The predicted molar refractivity (Wildman–Crippen MR) is 139 cm³/mol. The molecule has 6 rings (SSSR count). The summed E-state index contributed by atoms with van der Waals surface area (Å²) in [6, 6.07) is 10.6. The first kappa shape index (κ1) is 24.1. The highest BCUT2D eigenvalue weighted by molar-refractivity contribution is 5.84. The minimum absolute atomic E-state index is 0.0535. The third kappa shape index (κ3) is 4.21. The molecule has 1 saturated carbocycles. The van der Waals surface area contributed by atoms with Gasteiger partial charge >= 0.3 is 0 Å². The standard InChI is InChI=1S/C29H32F2N4O2/c1-17-27(18(2)37-33-17)19-6-9-25-24(15-19)32-28(35(25)20-10-12-29(3,36)13-11-20)26-5-4-14-34(26)21-7-8-22(30)23(31)16-21/h6-9,15-16,20,26,36H,4-5,10-14H2,1-3H3/t20?,26-,29?/m0/s1. The van der Waals surface area contributed by atoms with Crippen molar-refractivity contribution in [2.45, 2.75) is 77.0 Å². The topological polar surface area (TPSA) is 67.3 Å². The Morgan fingerprint density at radius 1 is 1.03 bits per heavy atom. The van der Waals surface area contributed by atoms with Crippen LogP contribution in [0.4, 0.5) is 14.5 Å². The fourth-order valence-corrected chi connectivity index (χ4v) is 6.28. The van der Waals surface area contributed by atoms with E-state index in [2.05, 4.69) is 32.8 Å². The molecule has 8 heteroatoms. The normalized spacial score (nSPS) is 24.3. The van der Waals surface area contributed by atoms with Gasteiger partial charge in [0.15, 0.2) is 11.6 Å². The van der Waals surface area contributed by atoms with Crippen LogP contribution in [0.5, 0.6) is 0 Å². The number of imidazole rings is 1. The lowest BCUT2D eigenvalue weighted by Gasteiger charge is -2.36. The van der Waals surface area contributed by atoms with Crippen molar-refractivity contribution in [3.63, 3.8) is 0 Å². The first-order chi connectivity index (χ1) is 17.7. The van der Waals surface area contributed by atoms with Gasteiger partial charge in [-0.25, -0.2) is 13.8 Å². The molecule has 4 aromatic rings. The summed E-state index contributed by atoms with van der Waals surface area (Å²) in [6.45, 7) is 6.51. The van der Waals surface area contributed by atoms with Crippen LogP contribution in [0.15, 0.2) is 40.9 Å². The van der Waals surface area contributed by atoms with Gasteiger partial charge in [0.05, 0.1) is 28.4 Å². The van der Waals surface area contributed by atoms with Gasteiger partial charge in [0.25, 0.3) is 0 Å². The molecule has 194 valence electrons. The van der Waals surface area contributed by atoms with E-state index in [0.717, 1.165) is 84.5 Å². The Kier molecular flexibility index (Phi) is 5.82. The quantitative estimate of drug-likeness (QED) is 0.330. The molecule has 37 heavy (non-hydrogen) atoms. The maximum absolute atomic E-state index is 14.2. The average molecular weight is 507 g/mol. The number of hydrogen-bond donors (Lipinski definition) is 1. The van der Waals surface area contributed by atoms with E-state index in [-0.39, 0.29) is 12.1 Å². The van der Waals surface area contributed by atoms with Gasteiger partial charge in [-0.2, -0.15) is 0 Å². The number of fused-ring (bicyclic) bond motifs is 1. The fraction of sp³-hybridized carbons (Fsp3) is 0.448. The van der Waals surface area contributed by atoms with Crippen LogP contribution in [-0.2, 0) is 0 Å². The average Bonchev–Trinajstić information content (AvgIpc) is 3.57. The van der Waals surface area contributed by atoms with Crippen molar-refractivity contribution < 1.29 is 18.4 Å². The number of aryl methyl sites for hydroxylation is 2. The van der Waals surface area contributed by atoms with E-state index in [4.69, 9.17) is 9.51 Å². The monoisotopic (exact) mass is 506 g/mol. The van der Waals surface area contributed by atoms with Crippen molar-refractivity contribution in [2.75, 3.05) is 11.4 Å². The lowest BCUT2D eigenvalue weighted by molar-refractivity contribution is 0.00996. The van der Waals surface area contributed by atoms with Crippen LogP contribution in [0.2, 0.25) is 0 Å². The Labute approximate surface area is 214 Å². The molecule has 0 bridgehead atoms. The zero-order valence-electron chi connectivity index (χ0n) is 21.5. The molecule has 2 aromatic carbocycles. The molecule has 0 spiro atoms. The van der Waals surface area contributed by atoms with E-state index in [1.165, 1.54) is 12.1 Å². The van der Waals surface area contributed by atoms with Crippen LogP contribution < -0.4 is 4.90 Å². The second kappa shape index (κ2) is 8.94. The molecule has 1 saturated heterocycles. The summed E-state index contributed by atoms with van der Waals surface area (Å²) in [4.78, 5) is 7.34. The Balaban J connectivity index is 1.47. The number of hydrogen-bond acceptors (Lipinski definition) is 5. The maximum atomic E-state index is 14.2. The number of aromatic nitrogens is 3. The Morgan fingerprint density at radius 3 is 2.51 bits per heavy atom. The smallest absolute Gasteiger partial charge is 0.160 e. The van der Waals surface area contributed by atoms with E-state index in [1.54, 1.807) is 6.07 Å². The van der Waals surface area contributed by atoms with Crippen molar-refractivity contribution in [1.29, 1.82) is 0 Å². The number of rotatable bonds is 4. The number of aliphatic hydroxyl groups is 1. The van der Waals surface area contributed by atoms with Crippen molar-refractivity contribution in [3.05, 3.63) is 65.3 Å². The summed E-state index contributed by atoms with van der Waals surface area (Å²) in [5, 5.41) is 14.7. The van der Waals surface area contributed by atoms with Crippen molar-refractivity contribution in [2.24, 2.45) is 0 Å². The van der Waals surface area contributed by atoms with Gasteiger partial charge in [0.1, 0.15) is 11.6 Å². The molecule has 0 unspecified atom stereocenters. The summed E-state index contributed by atoms with van der Waals surface area (Å²) in [5.41, 5.74) is 4.80. The first-order valence-electron chi connectivity index (χ1n) is 13.1. The fourth-order valence-electron chi connectivity index (χ4n) is 6.28. The Morgan fingerprint density at radius 2 is 1.81 bits per heavy atom.